The van der Waals surface area contributed by atoms with Crippen LogP contribution >= 0.6 is 22.9 Å². The highest BCUT2D eigenvalue weighted by atomic mass is 35.5. The van der Waals surface area contributed by atoms with E-state index >= 15 is 0 Å². The molecule has 1 aliphatic heterocycles. The number of thiazole rings is 1. The number of methoxy groups -OCH3 is 1. The maximum Gasteiger partial charge on any atom is 0.234 e. The van der Waals surface area contributed by atoms with Gasteiger partial charge in [0.2, 0.25) is 11.8 Å². The van der Waals surface area contributed by atoms with Crippen molar-refractivity contribution in [1.82, 2.24) is 20.1 Å². The monoisotopic (exact) mass is 450 g/mol. The molecule has 1 N–H and O–H groups in total. The Morgan fingerprint density at radius 1 is 1.23 bits per heavy atom. The van der Waals surface area contributed by atoms with E-state index < -0.39 is 0 Å². The standard InChI is InChI=1S/C21H27ClN4O3S/c1-29-12-4-7-23-19(27)14-25-8-10-26(11-9-25)20(28)13-16-15-30-21(24-16)17-5-2-3-6-18(17)22/h2-3,5-6,15H,4,7-14H2,1H3,(H,23,27). The van der Waals surface area contributed by atoms with Crippen LogP contribution < -0.4 is 5.32 Å². The lowest BCUT2D eigenvalue weighted by Gasteiger charge is -2.34. The number of hydrogen-bond donors (Lipinski definition) is 1. The molecule has 0 unspecified atom stereocenters. The molecule has 0 aliphatic carbocycles. The second kappa shape index (κ2) is 11.4. The molecule has 0 radical (unpaired) electrons. The van der Waals surface area contributed by atoms with Crippen LogP contribution in [0, 0.1) is 0 Å². The Morgan fingerprint density at radius 3 is 2.73 bits per heavy atom. The number of rotatable bonds is 9. The Kier molecular flexibility index (Phi) is 8.62. The van der Waals surface area contributed by atoms with E-state index in [0.29, 0.717) is 50.9 Å². The fourth-order valence-corrected chi connectivity index (χ4v) is 4.41. The first-order valence-corrected chi connectivity index (χ1v) is 11.3. The van der Waals surface area contributed by atoms with Crippen molar-refractivity contribution in [2.75, 3.05) is 53.0 Å². The lowest BCUT2D eigenvalue weighted by molar-refractivity contribution is -0.132. The highest BCUT2D eigenvalue weighted by Crippen LogP contribution is 2.30. The summed E-state index contributed by atoms with van der Waals surface area (Å²) in [5.74, 6) is 0.0788. The van der Waals surface area contributed by atoms with Crippen molar-refractivity contribution in [3.8, 4) is 10.6 Å². The van der Waals surface area contributed by atoms with Crippen LogP contribution in [0.4, 0.5) is 0 Å². The average Bonchev–Trinajstić information content (AvgIpc) is 3.20. The maximum atomic E-state index is 12.7. The molecule has 1 aliphatic rings. The van der Waals surface area contributed by atoms with Gasteiger partial charge in [0, 0.05) is 57.4 Å². The number of amides is 2. The number of piperazine rings is 1. The number of carbonyl (C=O) groups excluding carboxylic acids is 2. The molecule has 7 nitrogen and oxygen atoms in total. The molecular weight excluding hydrogens is 424 g/mol. The van der Waals surface area contributed by atoms with Crippen LogP contribution in [0.5, 0.6) is 0 Å². The van der Waals surface area contributed by atoms with E-state index in [1.807, 2.05) is 34.5 Å². The summed E-state index contributed by atoms with van der Waals surface area (Å²) in [6.07, 6.45) is 1.08. The Balaban J connectivity index is 1.43. The van der Waals surface area contributed by atoms with Gasteiger partial charge in [0.1, 0.15) is 5.01 Å². The van der Waals surface area contributed by atoms with Gasteiger partial charge in [-0.1, -0.05) is 29.8 Å². The van der Waals surface area contributed by atoms with Gasteiger partial charge >= 0.3 is 0 Å². The van der Waals surface area contributed by atoms with Crippen molar-refractivity contribution in [3.63, 3.8) is 0 Å². The smallest absolute Gasteiger partial charge is 0.234 e. The first-order valence-electron chi connectivity index (χ1n) is 10.0. The van der Waals surface area contributed by atoms with Crippen molar-refractivity contribution in [3.05, 3.63) is 40.4 Å². The van der Waals surface area contributed by atoms with Crippen LogP contribution in [0.15, 0.2) is 29.6 Å². The largest absolute Gasteiger partial charge is 0.385 e. The molecule has 1 fully saturated rings. The highest BCUT2D eigenvalue weighted by molar-refractivity contribution is 7.13. The molecule has 1 saturated heterocycles. The summed E-state index contributed by atoms with van der Waals surface area (Å²) in [5, 5.41) is 6.29. The van der Waals surface area contributed by atoms with Crippen molar-refractivity contribution >= 4 is 34.8 Å². The normalized spacial score (nSPS) is 14.7. The molecule has 9 heteroatoms. The topological polar surface area (TPSA) is 74.8 Å². The van der Waals surface area contributed by atoms with Gasteiger partial charge < -0.3 is 15.0 Å². The third kappa shape index (κ3) is 6.50. The van der Waals surface area contributed by atoms with Crippen LogP contribution in [-0.4, -0.2) is 79.6 Å². The number of aromatic nitrogens is 1. The first kappa shape index (κ1) is 22.7. The summed E-state index contributed by atoms with van der Waals surface area (Å²) >= 11 is 7.74. The number of nitrogens with one attached hydrogen (secondary N) is 1. The molecule has 2 aromatic rings. The minimum absolute atomic E-state index is 0.0143. The summed E-state index contributed by atoms with van der Waals surface area (Å²) in [4.78, 5) is 33.2. The molecule has 30 heavy (non-hydrogen) atoms. The van der Waals surface area contributed by atoms with Crippen LogP contribution in [0.3, 0.4) is 0 Å². The summed E-state index contributed by atoms with van der Waals surface area (Å²) in [6.45, 7) is 4.25. The van der Waals surface area contributed by atoms with E-state index in [-0.39, 0.29) is 18.2 Å². The Morgan fingerprint density at radius 2 is 2.00 bits per heavy atom. The zero-order valence-corrected chi connectivity index (χ0v) is 18.7. The van der Waals surface area contributed by atoms with Crippen molar-refractivity contribution in [1.29, 1.82) is 0 Å². The number of benzene rings is 1. The van der Waals surface area contributed by atoms with Gasteiger partial charge in [-0.05, 0) is 12.5 Å². The van der Waals surface area contributed by atoms with Gasteiger partial charge in [-0.2, -0.15) is 0 Å². The number of carbonyl (C=O) groups is 2. The molecule has 2 heterocycles. The van der Waals surface area contributed by atoms with E-state index in [0.717, 1.165) is 22.7 Å². The molecule has 3 rings (SSSR count). The van der Waals surface area contributed by atoms with Crippen LogP contribution in [0.2, 0.25) is 5.02 Å². The fraction of sp³-hybridized carbons (Fsp3) is 0.476. The van der Waals surface area contributed by atoms with E-state index in [4.69, 9.17) is 16.3 Å². The van der Waals surface area contributed by atoms with Gasteiger partial charge in [-0.15, -0.1) is 11.3 Å². The third-order valence-corrected chi connectivity index (χ3v) is 6.18. The van der Waals surface area contributed by atoms with Gasteiger partial charge in [-0.25, -0.2) is 4.98 Å². The van der Waals surface area contributed by atoms with Crippen LogP contribution in [0.1, 0.15) is 12.1 Å². The predicted octanol–water partition coefficient (Wildman–Crippen LogP) is 2.30. The van der Waals surface area contributed by atoms with Crippen molar-refractivity contribution in [2.45, 2.75) is 12.8 Å². The zero-order chi connectivity index (χ0) is 21.3. The van der Waals surface area contributed by atoms with E-state index in [2.05, 4.69) is 15.2 Å². The highest BCUT2D eigenvalue weighted by Gasteiger charge is 2.23. The zero-order valence-electron chi connectivity index (χ0n) is 17.1. The quantitative estimate of drug-likeness (QED) is 0.593. The molecule has 1 aromatic carbocycles. The molecule has 0 atom stereocenters. The summed E-state index contributed by atoms with van der Waals surface area (Å²) in [5.41, 5.74) is 1.65. The summed E-state index contributed by atoms with van der Waals surface area (Å²) in [7, 11) is 1.65. The average molecular weight is 451 g/mol. The Labute approximate surface area is 186 Å². The summed E-state index contributed by atoms with van der Waals surface area (Å²) < 4.78 is 4.97. The lowest BCUT2D eigenvalue weighted by Crippen LogP contribution is -2.51. The van der Waals surface area contributed by atoms with E-state index in [1.165, 1.54) is 11.3 Å². The summed E-state index contributed by atoms with van der Waals surface area (Å²) in [6, 6.07) is 7.57. The van der Waals surface area contributed by atoms with E-state index in [9.17, 15) is 9.59 Å². The Hall–Kier alpha value is -2.00. The maximum absolute atomic E-state index is 12.7. The number of ether oxygens (including phenoxy) is 1. The minimum atomic E-state index is 0.0143. The van der Waals surface area contributed by atoms with Crippen molar-refractivity contribution < 1.29 is 14.3 Å². The molecule has 0 bridgehead atoms. The second-order valence-electron chi connectivity index (χ2n) is 7.15. The van der Waals surface area contributed by atoms with Gasteiger partial charge in [0.25, 0.3) is 0 Å². The third-order valence-electron chi connectivity index (χ3n) is 4.93. The number of nitrogens with zero attached hydrogens (tertiary/aromatic N) is 3. The van der Waals surface area contributed by atoms with Crippen LogP contribution in [0.25, 0.3) is 10.6 Å². The van der Waals surface area contributed by atoms with Crippen molar-refractivity contribution in [2.24, 2.45) is 0 Å². The molecule has 1 aromatic heterocycles. The van der Waals surface area contributed by atoms with Gasteiger partial charge in [0.15, 0.2) is 0 Å². The molecular formula is C21H27ClN4O3S. The van der Waals surface area contributed by atoms with E-state index in [1.54, 1.807) is 7.11 Å². The lowest BCUT2D eigenvalue weighted by atomic mass is 10.2. The first-order chi connectivity index (χ1) is 14.6. The Bertz CT molecular complexity index is 852. The minimum Gasteiger partial charge on any atom is -0.385 e. The number of halogens is 1. The van der Waals surface area contributed by atoms with Gasteiger partial charge in [0.05, 0.1) is 23.7 Å². The molecule has 162 valence electrons. The second-order valence-corrected chi connectivity index (χ2v) is 8.42. The predicted molar refractivity (Wildman–Crippen MR) is 119 cm³/mol. The number of hydrogen-bond acceptors (Lipinski definition) is 6. The molecule has 0 saturated carbocycles. The molecule has 2 amide bonds. The van der Waals surface area contributed by atoms with Gasteiger partial charge in [-0.3, -0.25) is 14.5 Å². The SMILES string of the molecule is COCCCNC(=O)CN1CCN(C(=O)Cc2csc(-c3ccccc3Cl)n2)CC1. The van der Waals surface area contributed by atoms with Crippen LogP contribution in [-0.2, 0) is 20.7 Å². The molecule has 0 spiro atoms. The fourth-order valence-electron chi connectivity index (χ4n) is 3.27.